The zero-order chi connectivity index (χ0) is 23.8. The smallest absolute Gasteiger partial charge is 0.338 e. The van der Waals surface area contributed by atoms with E-state index in [1.807, 2.05) is 16.8 Å². The minimum absolute atomic E-state index is 0.0651. The van der Waals surface area contributed by atoms with Crippen LogP contribution < -0.4 is 5.32 Å². The molecule has 5 rings (SSSR count). The maximum absolute atomic E-state index is 15.3. The van der Waals surface area contributed by atoms with Crippen LogP contribution >= 0.6 is 11.6 Å². The Morgan fingerprint density at radius 1 is 1.24 bits per heavy atom. The predicted molar refractivity (Wildman–Crippen MR) is 127 cm³/mol. The summed E-state index contributed by atoms with van der Waals surface area (Å²) in [5, 5.41) is 7.79. The van der Waals surface area contributed by atoms with E-state index in [0.29, 0.717) is 23.0 Å². The Kier molecular flexibility index (Phi) is 6.13. The largest absolute Gasteiger partial charge is 0.462 e. The summed E-state index contributed by atoms with van der Waals surface area (Å²) in [6.07, 6.45) is 7.27. The van der Waals surface area contributed by atoms with Crippen molar-refractivity contribution in [3.05, 3.63) is 70.8 Å². The molecule has 2 unspecified atom stereocenters. The van der Waals surface area contributed by atoms with Crippen molar-refractivity contribution in [1.29, 1.82) is 0 Å². The SMILES string of the molecule is CCOC(=O)c1cc(NC(=O)C2CC2c2ccc(Cl)cc2)cc(F)c1-c1cnn(C2CCC2)c1. The zero-order valence-electron chi connectivity index (χ0n) is 18.8. The molecule has 1 heterocycles. The third-order valence-electron chi connectivity index (χ3n) is 6.62. The summed E-state index contributed by atoms with van der Waals surface area (Å²) in [4.78, 5) is 25.5. The second-order valence-electron chi connectivity index (χ2n) is 8.88. The summed E-state index contributed by atoms with van der Waals surface area (Å²) in [7, 11) is 0. The van der Waals surface area contributed by atoms with Gasteiger partial charge in [-0.15, -0.1) is 0 Å². The van der Waals surface area contributed by atoms with Gasteiger partial charge in [-0.2, -0.15) is 5.10 Å². The molecular formula is C26H25ClFN3O3. The normalized spacial score (nSPS) is 19.4. The van der Waals surface area contributed by atoms with Crippen molar-refractivity contribution in [2.75, 3.05) is 11.9 Å². The van der Waals surface area contributed by atoms with Crippen molar-refractivity contribution in [3.63, 3.8) is 0 Å². The quantitative estimate of drug-likeness (QED) is 0.421. The molecule has 2 saturated carbocycles. The molecule has 1 amide bonds. The van der Waals surface area contributed by atoms with Gasteiger partial charge in [0.25, 0.3) is 0 Å². The molecule has 1 aromatic heterocycles. The highest BCUT2D eigenvalue weighted by Crippen LogP contribution is 2.48. The van der Waals surface area contributed by atoms with Gasteiger partial charge < -0.3 is 10.1 Å². The second-order valence-corrected chi connectivity index (χ2v) is 9.32. The molecule has 0 aliphatic heterocycles. The number of amides is 1. The van der Waals surface area contributed by atoms with Crippen molar-refractivity contribution in [2.45, 2.75) is 44.6 Å². The number of hydrogen-bond donors (Lipinski definition) is 1. The Hall–Kier alpha value is -3.19. The van der Waals surface area contributed by atoms with Crippen molar-refractivity contribution < 1.29 is 18.7 Å². The molecule has 0 spiro atoms. The fraction of sp³-hybridized carbons (Fsp3) is 0.346. The van der Waals surface area contributed by atoms with E-state index in [1.54, 1.807) is 31.5 Å². The monoisotopic (exact) mass is 481 g/mol. The maximum atomic E-state index is 15.3. The minimum Gasteiger partial charge on any atom is -0.462 e. The summed E-state index contributed by atoms with van der Waals surface area (Å²) in [6, 6.07) is 10.5. The van der Waals surface area contributed by atoms with Crippen LogP contribution in [-0.4, -0.2) is 28.3 Å². The Labute approximate surface area is 202 Å². The van der Waals surface area contributed by atoms with Gasteiger partial charge in [0.15, 0.2) is 0 Å². The van der Waals surface area contributed by atoms with E-state index < -0.39 is 11.8 Å². The third-order valence-corrected chi connectivity index (χ3v) is 6.87. The predicted octanol–water partition coefficient (Wildman–Crippen LogP) is 5.99. The molecule has 1 N–H and O–H groups in total. The van der Waals surface area contributed by atoms with E-state index in [-0.39, 0.29) is 41.2 Å². The molecule has 2 fully saturated rings. The van der Waals surface area contributed by atoms with Crippen LogP contribution in [0.1, 0.15) is 60.5 Å². The average Bonchev–Trinajstić information content (AvgIpc) is 3.44. The molecule has 0 radical (unpaired) electrons. The summed E-state index contributed by atoms with van der Waals surface area (Å²) in [5.41, 5.74) is 1.97. The van der Waals surface area contributed by atoms with Crippen molar-refractivity contribution in [1.82, 2.24) is 9.78 Å². The van der Waals surface area contributed by atoms with Gasteiger partial charge in [0.2, 0.25) is 5.91 Å². The lowest BCUT2D eigenvalue weighted by Crippen LogP contribution is -2.17. The summed E-state index contributed by atoms with van der Waals surface area (Å²) in [5.74, 6) is -1.58. The number of rotatable bonds is 7. The van der Waals surface area contributed by atoms with Crippen LogP contribution in [0.3, 0.4) is 0 Å². The van der Waals surface area contributed by atoms with Gasteiger partial charge in [0.05, 0.1) is 24.4 Å². The van der Waals surface area contributed by atoms with Gasteiger partial charge >= 0.3 is 5.97 Å². The highest BCUT2D eigenvalue weighted by Gasteiger charge is 2.44. The number of anilines is 1. The van der Waals surface area contributed by atoms with E-state index in [0.717, 1.165) is 24.8 Å². The fourth-order valence-corrected chi connectivity index (χ4v) is 4.58. The Morgan fingerprint density at radius 3 is 2.68 bits per heavy atom. The molecule has 2 atom stereocenters. The third kappa shape index (κ3) is 4.44. The number of carbonyl (C=O) groups is 2. The van der Waals surface area contributed by atoms with E-state index in [4.69, 9.17) is 16.3 Å². The second kappa shape index (κ2) is 9.22. The lowest BCUT2D eigenvalue weighted by atomic mass is 9.93. The highest BCUT2D eigenvalue weighted by molar-refractivity contribution is 6.30. The molecule has 2 aromatic carbocycles. The topological polar surface area (TPSA) is 73.2 Å². The summed E-state index contributed by atoms with van der Waals surface area (Å²) in [6.45, 7) is 1.85. The highest BCUT2D eigenvalue weighted by atomic mass is 35.5. The minimum atomic E-state index is -0.644. The van der Waals surface area contributed by atoms with Crippen LogP contribution in [-0.2, 0) is 9.53 Å². The lowest BCUT2D eigenvalue weighted by molar-refractivity contribution is -0.117. The number of benzene rings is 2. The van der Waals surface area contributed by atoms with Gasteiger partial charge in [-0.05, 0) is 68.4 Å². The Morgan fingerprint density at radius 2 is 2.00 bits per heavy atom. The number of nitrogens with one attached hydrogen (secondary N) is 1. The van der Waals surface area contributed by atoms with E-state index >= 15 is 4.39 Å². The van der Waals surface area contributed by atoms with Gasteiger partial charge in [-0.3, -0.25) is 9.48 Å². The molecule has 2 aliphatic carbocycles. The molecule has 34 heavy (non-hydrogen) atoms. The van der Waals surface area contributed by atoms with Crippen molar-refractivity contribution >= 4 is 29.2 Å². The maximum Gasteiger partial charge on any atom is 0.338 e. The van der Waals surface area contributed by atoms with E-state index in [9.17, 15) is 9.59 Å². The van der Waals surface area contributed by atoms with Crippen molar-refractivity contribution in [2.24, 2.45) is 5.92 Å². The standard InChI is InChI=1S/C26H25ClFN3O3/c1-2-34-26(33)22-10-18(30-25(32)21-12-20(21)15-6-8-17(27)9-7-15)11-23(28)24(22)16-13-29-31(14-16)19-4-3-5-19/h6-11,13-14,19-21H,2-5,12H2,1H3,(H,30,32). The molecule has 6 nitrogen and oxygen atoms in total. The first-order valence-corrected chi connectivity index (χ1v) is 11.9. The first kappa shape index (κ1) is 22.6. The van der Waals surface area contributed by atoms with Gasteiger partial charge in [-0.25, -0.2) is 9.18 Å². The van der Waals surface area contributed by atoms with Crippen LogP contribution in [0.15, 0.2) is 48.8 Å². The number of carbonyl (C=O) groups excluding carboxylic acids is 2. The molecule has 2 aliphatic rings. The Balaban J connectivity index is 1.39. The fourth-order valence-electron chi connectivity index (χ4n) is 4.46. The van der Waals surface area contributed by atoms with Crippen molar-refractivity contribution in [3.8, 4) is 11.1 Å². The van der Waals surface area contributed by atoms with E-state index in [1.165, 1.54) is 12.1 Å². The first-order valence-electron chi connectivity index (χ1n) is 11.6. The number of ether oxygens (including phenoxy) is 1. The zero-order valence-corrected chi connectivity index (χ0v) is 19.5. The number of nitrogens with zero attached hydrogens (tertiary/aromatic N) is 2. The molecule has 8 heteroatoms. The summed E-state index contributed by atoms with van der Waals surface area (Å²) < 4.78 is 22.3. The molecule has 0 bridgehead atoms. The molecule has 0 saturated heterocycles. The first-order chi connectivity index (χ1) is 16.4. The molecular weight excluding hydrogens is 457 g/mol. The van der Waals surface area contributed by atoms with Gasteiger partial charge in [-0.1, -0.05) is 23.7 Å². The average molecular weight is 482 g/mol. The molecule has 176 valence electrons. The number of hydrogen-bond acceptors (Lipinski definition) is 4. The molecule has 3 aromatic rings. The lowest BCUT2D eigenvalue weighted by Gasteiger charge is -2.25. The number of halogens is 2. The summed E-state index contributed by atoms with van der Waals surface area (Å²) >= 11 is 5.95. The number of esters is 1. The van der Waals surface area contributed by atoms with Gasteiger partial charge in [0, 0.05) is 34.0 Å². The number of aromatic nitrogens is 2. The van der Waals surface area contributed by atoms with Crippen LogP contribution in [0.2, 0.25) is 5.02 Å². The van der Waals surface area contributed by atoms with Crippen LogP contribution in [0.25, 0.3) is 11.1 Å². The van der Waals surface area contributed by atoms with Crippen LogP contribution in [0, 0.1) is 11.7 Å². The van der Waals surface area contributed by atoms with Crippen LogP contribution in [0.4, 0.5) is 10.1 Å². The van der Waals surface area contributed by atoms with Crippen LogP contribution in [0.5, 0.6) is 0 Å². The van der Waals surface area contributed by atoms with E-state index in [2.05, 4.69) is 10.4 Å². The Bertz CT molecular complexity index is 1240. The van der Waals surface area contributed by atoms with Gasteiger partial charge in [0.1, 0.15) is 5.82 Å².